The first-order valence-corrected chi connectivity index (χ1v) is 7.46. The summed E-state index contributed by atoms with van der Waals surface area (Å²) in [5.74, 6) is -0.364. The maximum absolute atomic E-state index is 11.3. The summed E-state index contributed by atoms with van der Waals surface area (Å²) < 4.78 is 10.9. The maximum Gasteiger partial charge on any atom is 0.322 e. The lowest BCUT2D eigenvalue weighted by Gasteiger charge is -2.09. The Balaban J connectivity index is 2.31. The van der Waals surface area contributed by atoms with Crippen LogP contribution in [0.15, 0.2) is 24.3 Å². The number of carboxylic acids is 1. The number of amides is 1. The van der Waals surface area contributed by atoms with Crippen molar-refractivity contribution < 1.29 is 24.2 Å². The van der Waals surface area contributed by atoms with Gasteiger partial charge in [-0.15, -0.1) is 0 Å². The molecular formula is C16H23NO5. The van der Waals surface area contributed by atoms with Crippen molar-refractivity contribution in [1.82, 2.24) is 5.32 Å². The Bertz CT molecular complexity index is 475. The fraction of sp³-hybridized carbons (Fsp3) is 0.500. The van der Waals surface area contributed by atoms with Crippen LogP contribution in [0, 0.1) is 0 Å². The average molecular weight is 309 g/mol. The highest BCUT2D eigenvalue weighted by molar-refractivity contribution is 5.82. The minimum absolute atomic E-state index is 0.229. The van der Waals surface area contributed by atoms with Crippen LogP contribution < -0.4 is 14.8 Å². The highest BCUT2D eigenvalue weighted by Gasteiger charge is 2.05. The molecular weight excluding hydrogens is 286 g/mol. The predicted molar refractivity (Wildman–Crippen MR) is 82.2 cm³/mol. The number of nitrogens with one attached hydrogen (secondary N) is 1. The van der Waals surface area contributed by atoms with Crippen molar-refractivity contribution in [3.05, 3.63) is 24.3 Å². The smallest absolute Gasteiger partial charge is 0.322 e. The molecule has 0 spiro atoms. The van der Waals surface area contributed by atoms with Crippen molar-refractivity contribution in [2.24, 2.45) is 0 Å². The fourth-order valence-electron chi connectivity index (χ4n) is 1.75. The molecule has 0 saturated carbocycles. The zero-order valence-corrected chi connectivity index (χ0v) is 12.8. The van der Waals surface area contributed by atoms with E-state index >= 15 is 0 Å². The summed E-state index contributed by atoms with van der Waals surface area (Å²) in [6, 6.07) is 7.04. The lowest BCUT2D eigenvalue weighted by Crippen LogP contribution is -2.33. The molecule has 0 aliphatic heterocycles. The van der Waals surface area contributed by atoms with Crippen LogP contribution in [-0.2, 0) is 9.59 Å². The van der Waals surface area contributed by atoms with Crippen molar-refractivity contribution in [2.45, 2.75) is 32.6 Å². The summed E-state index contributed by atoms with van der Waals surface area (Å²) >= 11 is 0. The highest BCUT2D eigenvalue weighted by atomic mass is 16.5. The first kappa shape index (κ1) is 17.8. The van der Waals surface area contributed by atoms with Crippen molar-refractivity contribution in [2.75, 3.05) is 19.8 Å². The summed E-state index contributed by atoms with van der Waals surface area (Å²) in [6.45, 7) is 2.17. The monoisotopic (exact) mass is 309 g/mol. The Hall–Kier alpha value is -2.24. The number of carbonyl (C=O) groups excluding carboxylic acids is 1. The number of hydrogen-bond acceptors (Lipinski definition) is 4. The SMILES string of the molecule is CCCCCCOc1cccc(OCC(=O)NCC(=O)O)c1. The van der Waals surface area contributed by atoms with E-state index in [1.54, 1.807) is 18.2 Å². The van der Waals surface area contributed by atoms with Gasteiger partial charge in [0.05, 0.1) is 6.61 Å². The minimum Gasteiger partial charge on any atom is -0.493 e. The molecule has 1 rings (SSSR count). The number of rotatable bonds is 11. The Kier molecular flexibility index (Phi) is 8.49. The lowest BCUT2D eigenvalue weighted by molar-refractivity contribution is -0.138. The number of hydrogen-bond donors (Lipinski definition) is 2. The van der Waals surface area contributed by atoms with Gasteiger partial charge in [-0.1, -0.05) is 32.3 Å². The van der Waals surface area contributed by atoms with E-state index in [2.05, 4.69) is 12.2 Å². The summed E-state index contributed by atoms with van der Waals surface area (Å²) in [5, 5.41) is 10.7. The van der Waals surface area contributed by atoms with Crippen molar-refractivity contribution >= 4 is 11.9 Å². The first-order chi connectivity index (χ1) is 10.6. The van der Waals surface area contributed by atoms with E-state index in [0.717, 1.165) is 12.8 Å². The number of unbranched alkanes of at least 4 members (excludes halogenated alkanes) is 3. The molecule has 0 heterocycles. The van der Waals surface area contributed by atoms with E-state index in [9.17, 15) is 9.59 Å². The Morgan fingerprint density at radius 1 is 1.14 bits per heavy atom. The van der Waals surface area contributed by atoms with Crippen LogP contribution in [0.5, 0.6) is 11.5 Å². The number of benzene rings is 1. The number of ether oxygens (including phenoxy) is 2. The van der Waals surface area contributed by atoms with Gasteiger partial charge in [0.1, 0.15) is 18.0 Å². The topological polar surface area (TPSA) is 84.9 Å². The molecule has 0 atom stereocenters. The van der Waals surface area contributed by atoms with E-state index in [4.69, 9.17) is 14.6 Å². The molecule has 0 aliphatic rings. The zero-order chi connectivity index (χ0) is 16.2. The van der Waals surface area contributed by atoms with Gasteiger partial charge in [-0.3, -0.25) is 9.59 Å². The van der Waals surface area contributed by atoms with Crippen molar-refractivity contribution in [3.63, 3.8) is 0 Å². The lowest BCUT2D eigenvalue weighted by atomic mass is 10.2. The Morgan fingerprint density at radius 3 is 2.55 bits per heavy atom. The van der Waals surface area contributed by atoms with Gasteiger partial charge in [-0.25, -0.2) is 0 Å². The number of carbonyl (C=O) groups is 2. The van der Waals surface area contributed by atoms with E-state index in [0.29, 0.717) is 18.1 Å². The van der Waals surface area contributed by atoms with Gasteiger partial charge in [0, 0.05) is 6.07 Å². The molecule has 122 valence electrons. The Morgan fingerprint density at radius 2 is 1.86 bits per heavy atom. The maximum atomic E-state index is 11.3. The second-order valence-corrected chi connectivity index (χ2v) is 4.84. The molecule has 0 aromatic heterocycles. The highest BCUT2D eigenvalue weighted by Crippen LogP contribution is 2.19. The van der Waals surface area contributed by atoms with Crippen LogP contribution in [0.1, 0.15) is 32.6 Å². The van der Waals surface area contributed by atoms with Gasteiger partial charge in [0.2, 0.25) is 0 Å². The molecule has 1 aromatic rings. The van der Waals surface area contributed by atoms with E-state index in [-0.39, 0.29) is 6.61 Å². The van der Waals surface area contributed by atoms with Crippen LogP contribution in [0.2, 0.25) is 0 Å². The van der Waals surface area contributed by atoms with Gasteiger partial charge in [0.15, 0.2) is 6.61 Å². The van der Waals surface area contributed by atoms with Crippen LogP contribution >= 0.6 is 0 Å². The second-order valence-electron chi connectivity index (χ2n) is 4.84. The third kappa shape index (κ3) is 8.14. The van der Waals surface area contributed by atoms with E-state index in [1.807, 2.05) is 6.07 Å². The van der Waals surface area contributed by atoms with Gasteiger partial charge < -0.3 is 19.9 Å². The molecule has 2 N–H and O–H groups in total. The molecule has 0 radical (unpaired) electrons. The summed E-state index contributed by atoms with van der Waals surface area (Å²) in [4.78, 5) is 21.7. The van der Waals surface area contributed by atoms with Gasteiger partial charge in [0.25, 0.3) is 5.91 Å². The molecule has 0 bridgehead atoms. The molecule has 22 heavy (non-hydrogen) atoms. The van der Waals surface area contributed by atoms with Gasteiger partial charge >= 0.3 is 5.97 Å². The number of carboxylic acid groups (broad SMARTS) is 1. The van der Waals surface area contributed by atoms with Gasteiger partial charge in [-0.05, 0) is 18.6 Å². The van der Waals surface area contributed by atoms with Crippen LogP contribution in [-0.4, -0.2) is 36.7 Å². The minimum atomic E-state index is -1.09. The van der Waals surface area contributed by atoms with Crippen LogP contribution in [0.3, 0.4) is 0 Å². The first-order valence-electron chi connectivity index (χ1n) is 7.46. The van der Waals surface area contributed by atoms with Crippen molar-refractivity contribution in [1.29, 1.82) is 0 Å². The predicted octanol–water partition coefficient (Wildman–Crippen LogP) is 2.23. The molecule has 1 aromatic carbocycles. The summed E-state index contributed by atoms with van der Waals surface area (Å²) in [7, 11) is 0. The van der Waals surface area contributed by atoms with Crippen LogP contribution in [0.25, 0.3) is 0 Å². The quantitative estimate of drug-likeness (QED) is 0.612. The molecule has 6 heteroatoms. The molecule has 1 amide bonds. The number of aliphatic carboxylic acids is 1. The molecule has 0 unspecified atom stereocenters. The zero-order valence-electron chi connectivity index (χ0n) is 12.8. The van der Waals surface area contributed by atoms with Crippen molar-refractivity contribution in [3.8, 4) is 11.5 Å². The van der Waals surface area contributed by atoms with Crippen LogP contribution in [0.4, 0.5) is 0 Å². The third-order valence-corrected chi connectivity index (χ3v) is 2.88. The van der Waals surface area contributed by atoms with E-state index < -0.39 is 18.4 Å². The molecule has 6 nitrogen and oxygen atoms in total. The molecule has 0 aliphatic carbocycles. The summed E-state index contributed by atoms with van der Waals surface area (Å²) in [6.07, 6.45) is 4.55. The largest absolute Gasteiger partial charge is 0.493 e. The molecule has 0 fully saturated rings. The van der Waals surface area contributed by atoms with E-state index in [1.165, 1.54) is 12.8 Å². The standard InChI is InChI=1S/C16H23NO5/c1-2-3-4-5-9-21-13-7-6-8-14(10-13)22-12-15(18)17-11-16(19)20/h6-8,10H,2-5,9,11-12H2,1H3,(H,17,18)(H,19,20). The molecule has 0 saturated heterocycles. The Labute approximate surface area is 130 Å². The average Bonchev–Trinajstić information content (AvgIpc) is 2.51. The third-order valence-electron chi connectivity index (χ3n) is 2.88. The van der Waals surface area contributed by atoms with Gasteiger partial charge in [-0.2, -0.15) is 0 Å². The normalized spacial score (nSPS) is 10.0. The fourth-order valence-corrected chi connectivity index (χ4v) is 1.75. The summed E-state index contributed by atoms with van der Waals surface area (Å²) in [5.41, 5.74) is 0. The second kappa shape index (κ2) is 10.5.